The highest BCUT2D eigenvalue weighted by Gasteiger charge is 2.07. The Labute approximate surface area is 77.7 Å². The summed E-state index contributed by atoms with van der Waals surface area (Å²) in [7, 11) is 3.29. The minimum Gasteiger partial charge on any atom is -0.395 e. The molecule has 5 heteroatoms. The first-order valence-corrected chi connectivity index (χ1v) is 4.15. The summed E-state index contributed by atoms with van der Waals surface area (Å²) in [6.07, 6.45) is 0.390. The van der Waals surface area contributed by atoms with E-state index in [1.165, 1.54) is 4.90 Å². The van der Waals surface area contributed by atoms with Gasteiger partial charge in [-0.15, -0.1) is 0 Å². The lowest BCUT2D eigenvalue weighted by Gasteiger charge is -2.09. The van der Waals surface area contributed by atoms with E-state index >= 15 is 0 Å². The predicted molar refractivity (Wildman–Crippen MR) is 48.0 cm³/mol. The van der Waals surface area contributed by atoms with Crippen molar-refractivity contribution < 1.29 is 14.7 Å². The summed E-state index contributed by atoms with van der Waals surface area (Å²) in [5.74, 6) is -0.275. The van der Waals surface area contributed by atoms with Crippen molar-refractivity contribution in [1.29, 1.82) is 0 Å². The maximum Gasteiger partial charge on any atom is 0.222 e. The number of nitrogens with one attached hydrogen (secondary N) is 1. The fraction of sp³-hybridized carbons (Fsp3) is 0.750. The summed E-state index contributed by atoms with van der Waals surface area (Å²) in [4.78, 5) is 23.4. The molecular formula is C8H16N2O3. The van der Waals surface area contributed by atoms with E-state index in [0.29, 0.717) is 0 Å². The van der Waals surface area contributed by atoms with Gasteiger partial charge in [-0.3, -0.25) is 9.59 Å². The average molecular weight is 188 g/mol. The number of carbonyl (C=O) groups is 2. The number of rotatable bonds is 5. The Kier molecular flexibility index (Phi) is 5.88. The summed E-state index contributed by atoms with van der Waals surface area (Å²) in [5, 5.41) is 10.9. The number of hydrogen-bond acceptors (Lipinski definition) is 3. The van der Waals surface area contributed by atoms with Crippen LogP contribution in [0.3, 0.4) is 0 Å². The minimum atomic E-state index is -0.204. The van der Waals surface area contributed by atoms with Crippen molar-refractivity contribution >= 4 is 11.8 Å². The molecule has 0 radical (unpaired) electrons. The highest BCUT2D eigenvalue weighted by molar-refractivity contribution is 5.83. The molecule has 0 aromatic rings. The van der Waals surface area contributed by atoms with Gasteiger partial charge in [-0.2, -0.15) is 0 Å². The molecule has 0 rings (SSSR count). The van der Waals surface area contributed by atoms with Crippen molar-refractivity contribution in [3.05, 3.63) is 0 Å². The van der Waals surface area contributed by atoms with Crippen LogP contribution in [0.15, 0.2) is 0 Å². The summed E-state index contributed by atoms with van der Waals surface area (Å²) in [5.41, 5.74) is 0. The third kappa shape index (κ3) is 6.10. The van der Waals surface area contributed by atoms with Gasteiger partial charge >= 0.3 is 0 Å². The lowest BCUT2D eigenvalue weighted by atomic mass is 10.2. The second-order valence-electron chi connectivity index (χ2n) is 2.86. The first-order valence-electron chi connectivity index (χ1n) is 4.15. The monoisotopic (exact) mass is 188 g/mol. The van der Waals surface area contributed by atoms with Gasteiger partial charge in [0.15, 0.2) is 0 Å². The molecule has 2 amide bonds. The number of aliphatic hydroxyl groups excluding tert-OH is 1. The number of amides is 2. The molecule has 0 aromatic carbocycles. The molecule has 2 N–H and O–H groups in total. The molecule has 5 nitrogen and oxygen atoms in total. The number of carbonyl (C=O) groups excluding carboxylic acids is 2. The number of nitrogens with zero attached hydrogens (tertiary/aromatic N) is 1. The van der Waals surface area contributed by atoms with E-state index in [9.17, 15) is 9.59 Å². The van der Waals surface area contributed by atoms with Gasteiger partial charge in [0.2, 0.25) is 11.8 Å². The van der Waals surface area contributed by atoms with Gasteiger partial charge in [-0.05, 0) is 0 Å². The lowest BCUT2D eigenvalue weighted by molar-refractivity contribution is -0.131. The zero-order valence-electron chi connectivity index (χ0n) is 8.04. The number of hydrogen-bond donors (Lipinski definition) is 2. The Morgan fingerprint density at radius 2 is 1.92 bits per heavy atom. The van der Waals surface area contributed by atoms with E-state index in [0.717, 1.165) is 0 Å². The van der Waals surface area contributed by atoms with Crippen molar-refractivity contribution in [2.75, 3.05) is 27.2 Å². The number of aliphatic hydroxyl groups is 1. The molecule has 0 bridgehead atoms. The second kappa shape index (κ2) is 6.42. The second-order valence-corrected chi connectivity index (χ2v) is 2.86. The van der Waals surface area contributed by atoms with E-state index in [-0.39, 0.29) is 37.8 Å². The minimum absolute atomic E-state index is 0.0702. The van der Waals surface area contributed by atoms with Crippen molar-refractivity contribution in [1.82, 2.24) is 10.2 Å². The SMILES string of the molecule is CN(C)C(=O)CCC(=O)NCCO. The van der Waals surface area contributed by atoms with Crippen LogP contribution in [-0.2, 0) is 9.59 Å². The van der Waals surface area contributed by atoms with Crippen LogP contribution in [-0.4, -0.2) is 49.1 Å². The zero-order chi connectivity index (χ0) is 10.3. The molecule has 0 aliphatic carbocycles. The molecule has 0 unspecified atom stereocenters. The maximum absolute atomic E-state index is 11.0. The third-order valence-electron chi connectivity index (χ3n) is 1.50. The molecule has 0 heterocycles. The van der Waals surface area contributed by atoms with E-state index in [4.69, 9.17) is 5.11 Å². The van der Waals surface area contributed by atoms with Crippen LogP contribution in [0.5, 0.6) is 0 Å². The Morgan fingerprint density at radius 1 is 1.31 bits per heavy atom. The summed E-state index contributed by atoms with van der Waals surface area (Å²) in [6.45, 7) is 0.169. The molecule has 0 saturated carbocycles. The topological polar surface area (TPSA) is 69.6 Å². The molecule has 13 heavy (non-hydrogen) atoms. The normalized spacial score (nSPS) is 9.46. The largest absolute Gasteiger partial charge is 0.395 e. The zero-order valence-corrected chi connectivity index (χ0v) is 8.04. The van der Waals surface area contributed by atoms with Crippen molar-refractivity contribution in [2.24, 2.45) is 0 Å². The van der Waals surface area contributed by atoms with Gasteiger partial charge in [0.05, 0.1) is 6.61 Å². The Morgan fingerprint density at radius 3 is 2.38 bits per heavy atom. The maximum atomic E-state index is 11.0. The highest BCUT2D eigenvalue weighted by atomic mass is 16.3. The van der Waals surface area contributed by atoms with Crippen LogP contribution < -0.4 is 5.32 Å². The molecule has 0 saturated heterocycles. The Bertz CT molecular complexity index is 180. The summed E-state index contributed by atoms with van der Waals surface area (Å²) < 4.78 is 0. The molecule has 0 aliphatic rings. The molecule has 0 spiro atoms. The van der Waals surface area contributed by atoms with Crippen molar-refractivity contribution in [2.45, 2.75) is 12.8 Å². The van der Waals surface area contributed by atoms with Crippen molar-refractivity contribution in [3.63, 3.8) is 0 Å². The van der Waals surface area contributed by atoms with Gasteiger partial charge in [0.25, 0.3) is 0 Å². The van der Waals surface area contributed by atoms with Crippen LogP contribution in [0.4, 0.5) is 0 Å². The van der Waals surface area contributed by atoms with Crippen LogP contribution in [0.25, 0.3) is 0 Å². The first-order chi connectivity index (χ1) is 6.07. The first kappa shape index (κ1) is 11.9. The quantitative estimate of drug-likeness (QED) is 0.579. The van der Waals surface area contributed by atoms with Crippen LogP contribution in [0.1, 0.15) is 12.8 Å². The molecule has 0 aromatic heterocycles. The van der Waals surface area contributed by atoms with Crippen LogP contribution in [0.2, 0.25) is 0 Å². The molecule has 0 atom stereocenters. The van der Waals surface area contributed by atoms with E-state index < -0.39 is 0 Å². The lowest BCUT2D eigenvalue weighted by Crippen LogP contribution is -2.28. The van der Waals surface area contributed by atoms with Gasteiger partial charge in [0.1, 0.15) is 0 Å². The molecule has 0 aliphatic heterocycles. The average Bonchev–Trinajstić information content (AvgIpc) is 2.10. The third-order valence-corrected chi connectivity index (χ3v) is 1.50. The van der Waals surface area contributed by atoms with Gasteiger partial charge in [-0.25, -0.2) is 0 Å². The van der Waals surface area contributed by atoms with E-state index in [1.54, 1.807) is 14.1 Å². The Balaban J connectivity index is 3.52. The smallest absolute Gasteiger partial charge is 0.222 e. The molecule has 76 valence electrons. The predicted octanol–water partition coefficient (Wildman–Crippen LogP) is -1.04. The fourth-order valence-corrected chi connectivity index (χ4v) is 0.728. The highest BCUT2D eigenvalue weighted by Crippen LogP contribution is 1.92. The molecular weight excluding hydrogens is 172 g/mol. The van der Waals surface area contributed by atoms with Crippen LogP contribution >= 0.6 is 0 Å². The van der Waals surface area contributed by atoms with Gasteiger partial charge in [-0.1, -0.05) is 0 Å². The van der Waals surface area contributed by atoms with E-state index in [1.807, 2.05) is 0 Å². The fourth-order valence-electron chi connectivity index (χ4n) is 0.728. The summed E-state index contributed by atoms with van der Waals surface area (Å²) >= 11 is 0. The standard InChI is InChI=1S/C8H16N2O3/c1-10(2)8(13)4-3-7(12)9-5-6-11/h11H,3-6H2,1-2H3,(H,9,12). The van der Waals surface area contributed by atoms with Crippen molar-refractivity contribution in [3.8, 4) is 0 Å². The van der Waals surface area contributed by atoms with Gasteiger partial charge < -0.3 is 15.3 Å². The van der Waals surface area contributed by atoms with E-state index in [2.05, 4.69) is 5.32 Å². The Hall–Kier alpha value is -1.10. The molecule has 0 fully saturated rings. The van der Waals surface area contributed by atoms with Gasteiger partial charge in [0, 0.05) is 33.5 Å². The summed E-state index contributed by atoms with van der Waals surface area (Å²) in [6, 6.07) is 0. The van der Waals surface area contributed by atoms with Crippen LogP contribution in [0, 0.1) is 0 Å².